The smallest absolute Gasteiger partial charge is 0.384 e. The van der Waals surface area contributed by atoms with Gasteiger partial charge in [-0.2, -0.15) is 0 Å². The Balaban J connectivity index is 2.96. The molecule has 5 heteroatoms. The van der Waals surface area contributed by atoms with E-state index >= 15 is 0 Å². The number of carbonyl (C=O) groups excluding carboxylic acids is 1. The second-order valence-electron chi connectivity index (χ2n) is 2.33. The van der Waals surface area contributed by atoms with Gasteiger partial charge in [-0.1, -0.05) is 0 Å². The summed E-state index contributed by atoms with van der Waals surface area (Å²) in [6.07, 6.45) is 0.970. The van der Waals surface area contributed by atoms with Crippen LogP contribution < -0.4 is 5.73 Å². The van der Waals surface area contributed by atoms with E-state index in [2.05, 4.69) is 21.6 Å². The molecule has 0 saturated heterocycles. The van der Waals surface area contributed by atoms with Crippen molar-refractivity contribution in [3.63, 3.8) is 0 Å². The fraction of sp³-hybridized carbons (Fsp3) is 0.111. The maximum absolute atomic E-state index is 12.5. The van der Waals surface area contributed by atoms with E-state index in [4.69, 9.17) is 5.73 Å². The van der Waals surface area contributed by atoms with Gasteiger partial charge in [0.05, 0.1) is 19.0 Å². The number of halogens is 1. The zero-order chi connectivity index (χ0) is 10.6. The Morgan fingerprint density at radius 1 is 1.71 bits per heavy atom. The molecule has 4 nitrogen and oxygen atoms in total. The van der Waals surface area contributed by atoms with Crippen molar-refractivity contribution < 1.29 is 13.9 Å². The summed E-state index contributed by atoms with van der Waals surface area (Å²) in [5.41, 5.74) is 5.63. The summed E-state index contributed by atoms with van der Waals surface area (Å²) in [6.45, 7) is 0. The molecule has 0 unspecified atom stereocenters. The summed E-state index contributed by atoms with van der Waals surface area (Å²) in [7, 11) is 1.21. The average Bonchev–Trinajstić information content (AvgIpc) is 2.16. The highest BCUT2D eigenvalue weighted by Crippen LogP contribution is 2.07. The molecule has 0 radical (unpaired) electrons. The summed E-state index contributed by atoms with van der Waals surface area (Å²) in [4.78, 5) is 14.2. The summed E-state index contributed by atoms with van der Waals surface area (Å²) in [6, 6.07) is 1.08. The Bertz CT molecular complexity index is 421. The molecule has 0 atom stereocenters. The Morgan fingerprint density at radius 2 is 2.43 bits per heavy atom. The third-order valence-corrected chi connectivity index (χ3v) is 1.35. The van der Waals surface area contributed by atoms with Crippen molar-refractivity contribution >= 4 is 11.7 Å². The molecule has 0 bridgehead atoms. The molecule has 1 aromatic heterocycles. The first-order valence-corrected chi connectivity index (χ1v) is 3.64. The highest BCUT2D eigenvalue weighted by atomic mass is 19.1. The fourth-order valence-electron chi connectivity index (χ4n) is 0.721. The van der Waals surface area contributed by atoms with Gasteiger partial charge < -0.3 is 10.5 Å². The quantitative estimate of drug-likeness (QED) is 0.477. The largest absolute Gasteiger partial charge is 0.459 e. The summed E-state index contributed by atoms with van der Waals surface area (Å²) in [5, 5.41) is 0. The maximum Gasteiger partial charge on any atom is 0.384 e. The highest BCUT2D eigenvalue weighted by molar-refractivity contribution is 5.89. The Hall–Kier alpha value is -2.09. The molecule has 0 amide bonds. The number of nitrogens with zero attached hydrogens (tertiary/aromatic N) is 1. The molecular formula is C9H7FN2O2. The van der Waals surface area contributed by atoms with E-state index < -0.39 is 11.8 Å². The van der Waals surface area contributed by atoms with Crippen LogP contribution in [-0.2, 0) is 9.53 Å². The van der Waals surface area contributed by atoms with Crippen LogP contribution in [0.4, 0.5) is 10.1 Å². The lowest BCUT2D eigenvalue weighted by atomic mass is 10.3. The number of nitrogens with two attached hydrogens (primary N) is 1. The SMILES string of the molecule is COC(=O)C#Cc1ncc(F)cc1N. The number of methoxy groups -OCH3 is 1. The molecule has 14 heavy (non-hydrogen) atoms. The number of aromatic nitrogens is 1. The van der Waals surface area contributed by atoms with Crippen molar-refractivity contribution in [1.82, 2.24) is 4.98 Å². The molecule has 1 rings (SSSR count). The number of nitrogen functional groups attached to an aromatic ring is 1. The van der Waals surface area contributed by atoms with Crippen LogP contribution in [0.3, 0.4) is 0 Å². The number of rotatable bonds is 0. The van der Waals surface area contributed by atoms with E-state index in [9.17, 15) is 9.18 Å². The average molecular weight is 194 g/mol. The Morgan fingerprint density at radius 3 is 3.00 bits per heavy atom. The van der Waals surface area contributed by atoms with Crippen LogP contribution in [0.25, 0.3) is 0 Å². The minimum absolute atomic E-state index is 0.0846. The predicted octanol–water partition coefficient (Wildman–Crippen LogP) is 0.327. The van der Waals surface area contributed by atoms with E-state index in [1.54, 1.807) is 0 Å². The molecule has 1 heterocycles. The summed E-state index contributed by atoms with van der Waals surface area (Å²) >= 11 is 0. The van der Waals surface area contributed by atoms with Crippen LogP contribution in [0.1, 0.15) is 5.69 Å². The minimum atomic E-state index is -0.699. The number of hydrogen-bond acceptors (Lipinski definition) is 4. The molecule has 0 aliphatic carbocycles. The number of ether oxygens (including phenoxy) is 1. The van der Waals surface area contributed by atoms with Crippen LogP contribution in [0.15, 0.2) is 12.3 Å². The maximum atomic E-state index is 12.5. The van der Waals surface area contributed by atoms with Crippen LogP contribution in [0, 0.1) is 17.7 Å². The number of anilines is 1. The van der Waals surface area contributed by atoms with Gasteiger partial charge in [0, 0.05) is 12.0 Å². The minimum Gasteiger partial charge on any atom is -0.459 e. The molecule has 0 aromatic carbocycles. The molecule has 72 valence electrons. The van der Waals surface area contributed by atoms with Crippen LogP contribution in [0.2, 0.25) is 0 Å². The molecule has 1 aromatic rings. The van der Waals surface area contributed by atoms with Gasteiger partial charge in [-0.15, -0.1) is 0 Å². The molecule has 0 spiro atoms. The van der Waals surface area contributed by atoms with Crippen molar-refractivity contribution in [1.29, 1.82) is 0 Å². The first kappa shape index (κ1) is 9.99. The van der Waals surface area contributed by atoms with Gasteiger partial charge >= 0.3 is 5.97 Å². The van der Waals surface area contributed by atoms with Gasteiger partial charge in [0.1, 0.15) is 11.5 Å². The van der Waals surface area contributed by atoms with Crippen molar-refractivity contribution in [2.75, 3.05) is 12.8 Å². The van der Waals surface area contributed by atoms with E-state index in [0.717, 1.165) is 12.3 Å². The van der Waals surface area contributed by atoms with Crippen LogP contribution >= 0.6 is 0 Å². The topological polar surface area (TPSA) is 65.2 Å². The molecule has 0 aliphatic heterocycles. The van der Waals surface area contributed by atoms with Crippen molar-refractivity contribution in [3.8, 4) is 11.8 Å². The summed E-state index contributed by atoms with van der Waals surface area (Å²) in [5.74, 6) is 3.25. The second kappa shape index (κ2) is 4.23. The Kier molecular flexibility index (Phi) is 3.02. The van der Waals surface area contributed by atoms with E-state index in [-0.39, 0.29) is 11.4 Å². The van der Waals surface area contributed by atoms with E-state index in [0.29, 0.717) is 0 Å². The first-order valence-electron chi connectivity index (χ1n) is 3.64. The van der Waals surface area contributed by atoms with Gasteiger partial charge in [-0.3, -0.25) is 0 Å². The molecule has 0 aliphatic rings. The van der Waals surface area contributed by atoms with E-state index in [1.165, 1.54) is 7.11 Å². The van der Waals surface area contributed by atoms with Gasteiger partial charge in [0.2, 0.25) is 0 Å². The lowest BCUT2D eigenvalue weighted by Gasteiger charge is -1.95. The predicted molar refractivity (Wildman–Crippen MR) is 47.5 cm³/mol. The number of carbonyl (C=O) groups is 1. The van der Waals surface area contributed by atoms with Crippen molar-refractivity contribution in [2.24, 2.45) is 0 Å². The molecule has 0 saturated carbocycles. The number of hydrogen-bond donors (Lipinski definition) is 1. The molecular weight excluding hydrogens is 187 g/mol. The highest BCUT2D eigenvalue weighted by Gasteiger charge is 1.99. The van der Waals surface area contributed by atoms with Gasteiger partial charge in [-0.05, 0) is 5.92 Å². The van der Waals surface area contributed by atoms with E-state index in [1.807, 2.05) is 0 Å². The normalized spacial score (nSPS) is 8.71. The van der Waals surface area contributed by atoms with Gasteiger partial charge in [0.25, 0.3) is 0 Å². The lowest BCUT2D eigenvalue weighted by molar-refractivity contribution is -0.133. The molecule has 0 fully saturated rings. The fourth-order valence-corrected chi connectivity index (χ4v) is 0.721. The second-order valence-corrected chi connectivity index (χ2v) is 2.33. The van der Waals surface area contributed by atoms with Crippen LogP contribution in [0.5, 0.6) is 0 Å². The third kappa shape index (κ3) is 2.45. The zero-order valence-corrected chi connectivity index (χ0v) is 7.37. The van der Waals surface area contributed by atoms with Crippen molar-refractivity contribution in [2.45, 2.75) is 0 Å². The first-order chi connectivity index (χ1) is 6.63. The number of pyridine rings is 1. The van der Waals surface area contributed by atoms with Gasteiger partial charge in [-0.25, -0.2) is 14.2 Å². The van der Waals surface area contributed by atoms with Gasteiger partial charge in [0.15, 0.2) is 0 Å². The monoisotopic (exact) mass is 194 g/mol. The standard InChI is InChI=1S/C9H7FN2O2/c1-14-9(13)3-2-8-7(11)4-6(10)5-12-8/h4-5H,11H2,1H3. The third-order valence-electron chi connectivity index (χ3n) is 1.35. The number of esters is 1. The molecule has 2 N–H and O–H groups in total. The Labute approximate surface area is 79.9 Å². The van der Waals surface area contributed by atoms with Crippen LogP contribution in [-0.4, -0.2) is 18.1 Å². The summed E-state index contributed by atoms with van der Waals surface area (Å²) < 4.78 is 16.8. The lowest BCUT2D eigenvalue weighted by Crippen LogP contribution is -1.98. The van der Waals surface area contributed by atoms with Crippen molar-refractivity contribution in [3.05, 3.63) is 23.8 Å². The zero-order valence-electron chi connectivity index (χ0n) is 7.37.